The summed E-state index contributed by atoms with van der Waals surface area (Å²) in [4.78, 5) is 20.2. The third-order valence-electron chi connectivity index (χ3n) is 2.95. The quantitative estimate of drug-likeness (QED) is 0.834. The first-order valence-corrected chi connectivity index (χ1v) is 5.70. The van der Waals surface area contributed by atoms with Gasteiger partial charge in [0.2, 0.25) is 5.78 Å². The molecule has 0 aliphatic heterocycles. The van der Waals surface area contributed by atoms with Crippen LogP contribution in [0, 0.1) is 0 Å². The summed E-state index contributed by atoms with van der Waals surface area (Å²) < 4.78 is 1.67. The van der Waals surface area contributed by atoms with Crippen LogP contribution in [0.5, 0.6) is 0 Å². The Hall–Kier alpha value is -1.95. The lowest BCUT2D eigenvalue weighted by Gasteiger charge is -2.28. The number of rotatable bonds is 3. The molecular formula is C12H16N4O2. The number of carbonyl (C=O) groups is 1. The van der Waals surface area contributed by atoms with Gasteiger partial charge in [0.15, 0.2) is 0 Å². The number of aliphatic hydroxyl groups is 1. The third kappa shape index (κ3) is 2.33. The van der Waals surface area contributed by atoms with E-state index < -0.39 is 11.6 Å². The van der Waals surface area contributed by atoms with Crippen molar-refractivity contribution in [3.8, 4) is 0 Å². The van der Waals surface area contributed by atoms with Gasteiger partial charge in [0, 0.05) is 18.6 Å². The van der Waals surface area contributed by atoms with Gasteiger partial charge in [-0.1, -0.05) is 0 Å². The molecule has 0 aliphatic rings. The van der Waals surface area contributed by atoms with E-state index in [1.165, 1.54) is 0 Å². The van der Waals surface area contributed by atoms with Crippen molar-refractivity contribution in [1.29, 1.82) is 0 Å². The van der Waals surface area contributed by atoms with Gasteiger partial charge in [-0.3, -0.25) is 9.20 Å². The Morgan fingerprint density at radius 2 is 2.28 bits per heavy atom. The zero-order valence-electron chi connectivity index (χ0n) is 10.6. The molecule has 0 saturated heterocycles. The van der Waals surface area contributed by atoms with Crippen molar-refractivity contribution in [2.24, 2.45) is 0 Å². The molecule has 2 aromatic heterocycles. The van der Waals surface area contributed by atoms with E-state index in [4.69, 9.17) is 0 Å². The Morgan fingerprint density at radius 1 is 1.56 bits per heavy atom. The minimum atomic E-state index is -0.708. The van der Waals surface area contributed by atoms with Gasteiger partial charge in [-0.15, -0.1) is 0 Å². The monoisotopic (exact) mass is 248 g/mol. The van der Waals surface area contributed by atoms with E-state index in [9.17, 15) is 9.90 Å². The summed E-state index contributed by atoms with van der Waals surface area (Å²) in [5.41, 5.74) is -0.428. The molecule has 6 heteroatoms. The molecule has 2 aromatic rings. The lowest BCUT2D eigenvalue weighted by molar-refractivity contribution is 0.0706. The lowest BCUT2D eigenvalue weighted by atomic mass is 9.99. The molecule has 6 nitrogen and oxygen atoms in total. The van der Waals surface area contributed by atoms with E-state index in [1.54, 1.807) is 49.8 Å². The maximum Gasteiger partial charge on any atom is 0.272 e. The van der Waals surface area contributed by atoms with Gasteiger partial charge in [-0.25, -0.2) is 9.97 Å². The highest BCUT2D eigenvalue weighted by molar-refractivity contribution is 5.93. The first-order chi connectivity index (χ1) is 8.40. The molecular weight excluding hydrogens is 232 g/mol. The molecule has 0 radical (unpaired) electrons. The molecule has 1 amide bonds. The predicted octanol–water partition coefficient (Wildman–Crippen LogP) is 0.618. The number of nitrogens with zero attached hydrogens (tertiary/aromatic N) is 3. The molecule has 2 N–H and O–H groups in total. The summed E-state index contributed by atoms with van der Waals surface area (Å²) in [6, 6.07) is 1.76. The predicted molar refractivity (Wildman–Crippen MR) is 66.2 cm³/mol. The maximum absolute atomic E-state index is 12.0. The Balaban J connectivity index is 2.24. The average molecular weight is 248 g/mol. The highest BCUT2D eigenvalue weighted by atomic mass is 16.3. The van der Waals surface area contributed by atoms with E-state index in [1.807, 2.05) is 0 Å². The van der Waals surface area contributed by atoms with Crippen LogP contribution in [0.4, 0.5) is 0 Å². The van der Waals surface area contributed by atoms with Crippen LogP contribution in [0.3, 0.4) is 0 Å². The van der Waals surface area contributed by atoms with Crippen molar-refractivity contribution in [3.05, 3.63) is 30.4 Å². The van der Waals surface area contributed by atoms with Crippen LogP contribution in [0.1, 0.15) is 31.3 Å². The fourth-order valence-electron chi connectivity index (χ4n) is 1.40. The number of carbonyl (C=O) groups excluding carboxylic acids is 1. The molecule has 18 heavy (non-hydrogen) atoms. The molecule has 0 spiro atoms. The molecule has 2 heterocycles. The molecule has 1 atom stereocenters. The average Bonchev–Trinajstić information content (AvgIpc) is 2.71. The van der Waals surface area contributed by atoms with E-state index in [0.29, 0.717) is 5.78 Å². The number of imidazole rings is 1. The minimum absolute atomic E-state index is 0.280. The second-order valence-corrected chi connectivity index (χ2v) is 4.80. The normalized spacial score (nSPS) is 13.6. The van der Waals surface area contributed by atoms with Gasteiger partial charge in [0.05, 0.1) is 11.6 Å². The van der Waals surface area contributed by atoms with Crippen LogP contribution in [0.15, 0.2) is 24.7 Å². The van der Waals surface area contributed by atoms with E-state index in [2.05, 4.69) is 15.3 Å². The van der Waals surface area contributed by atoms with Gasteiger partial charge >= 0.3 is 0 Å². The summed E-state index contributed by atoms with van der Waals surface area (Å²) >= 11 is 0. The van der Waals surface area contributed by atoms with Gasteiger partial charge in [-0.2, -0.15) is 0 Å². The number of amides is 1. The van der Waals surface area contributed by atoms with Gasteiger partial charge < -0.3 is 10.4 Å². The largest absolute Gasteiger partial charge is 0.391 e. The standard InChI is InChI=1S/C12H16N4O2/c1-8(17)12(2,3)15-10(18)9-7-16-6-4-5-13-11(16)14-9/h4-8,17H,1-3H3,(H,15,18)/t8-/m0/s1. The third-order valence-corrected chi connectivity index (χ3v) is 2.95. The zero-order valence-corrected chi connectivity index (χ0v) is 10.6. The highest BCUT2D eigenvalue weighted by Crippen LogP contribution is 2.10. The Bertz CT molecular complexity index is 541. The Morgan fingerprint density at radius 3 is 2.89 bits per heavy atom. The maximum atomic E-state index is 12.0. The number of aliphatic hydroxyl groups excluding tert-OH is 1. The number of hydrogen-bond donors (Lipinski definition) is 2. The zero-order chi connectivity index (χ0) is 13.3. The molecule has 2 rings (SSSR count). The van der Waals surface area contributed by atoms with Crippen LogP contribution in [-0.4, -0.2) is 37.0 Å². The van der Waals surface area contributed by atoms with Gasteiger partial charge in [-0.05, 0) is 26.8 Å². The molecule has 0 fully saturated rings. The second kappa shape index (κ2) is 4.38. The van der Waals surface area contributed by atoms with Crippen molar-refractivity contribution in [1.82, 2.24) is 19.7 Å². The lowest BCUT2D eigenvalue weighted by Crippen LogP contribution is -2.51. The van der Waals surface area contributed by atoms with Crippen LogP contribution >= 0.6 is 0 Å². The fourth-order valence-corrected chi connectivity index (χ4v) is 1.40. The van der Waals surface area contributed by atoms with E-state index >= 15 is 0 Å². The topological polar surface area (TPSA) is 79.5 Å². The SMILES string of the molecule is C[C@H](O)C(C)(C)NC(=O)c1cn2cccnc2n1. The van der Waals surface area contributed by atoms with Crippen molar-refractivity contribution < 1.29 is 9.90 Å². The van der Waals surface area contributed by atoms with Crippen molar-refractivity contribution >= 4 is 11.7 Å². The van der Waals surface area contributed by atoms with Gasteiger partial charge in [0.25, 0.3) is 5.91 Å². The highest BCUT2D eigenvalue weighted by Gasteiger charge is 2.27. The van der Waals surface area contributed by atoms with Crippen LogP contribution in [0.25, 0.3) is 5.78 Å². The van der Waals surface area contributed by atoms with Gasteiger partial charge in [0.1, 0.15) is 5.69 Å². The van der Waals surface area contributed by atoms with Crippen LogP contribution < -0.4 is 5.32 Å². The first-order valence-electron chi connectivity index (χ1n) is 5.70. The Labute approximate surface area is 105 Å². The smallest absolute Gasteiger partial charge is 0.272 e. The number of nitrogens with one attached hydrogen (secondary N) is 1. The van der Waals surface area contributed by atoms with Crippen LogP contribution in [-0.2, 0) is 0 Å². The summed E-state index contributed by atoms with van der Waals surface area (Å²) in [6.45, 7) is 5.14. The molecule has 0 aliphatic carbocycles. The number of fused-ring (bicyclic) bond motifs is 1. The molecule has 0 unspecified atom stereocenters. The van der Waals surface area contributed by atoms with Crippen molar-refractivity contribution in [2.75, 3.05) is 0 Å². The van der Waals surface area contributed by atoms with E-state index in [-0.39, 0.29) is 11.6 Å². The van der Waals surface area contributed by atoms with Crippen LogP contribution in [0.2, 0.25) is 0 Å². The summed E-state index contributed by atoms with van der Waals surface area (Å²) in [5, 5.41) is 12.3. The fraction of sp³-hybridized carbons (Fsp3) is 0.417. The summed E-state index contributed by atoms with van der Waals surface area (Å²) in [7, 11) is 0. The second-order valence-electron chi connectivity index (χ2n) is 4.80. The number of hydrogen-bond acceptors (Lipinski definition) is 4. The first kappa shape index (κ1) is 12.5. The Kier molecular flexibility index (Phi) is 3.04. The molecule has 0 saturated carbocycles. The van der Waals surface area contributed by atoms with E-state index in [0.717, 1.165) is 0 Å². The molecule has 96 valence electrons. The number of aromatic nitrogens is 3. The van der Waals surface area contributed by atoms with Crippen molar-refractivity contribution in [3.63, 3.8) is 0 Å². The summed E-state index contributed by atoms with van der Waals surface area (Å²) in [5.74, 6) is 0.143. The molecule has 0 bridgehead atoms. The molecule has 0 aromatic carbocycles. The minimum Gasteiger partial charge on any atom is -0.391 e. The summed E-state index contributed by atoms with van der Waals surface area (Å²) in [6.07, 6.45) is 4.34. The van der Waals surface area contributed by atoms with Crippen molar-refractivity contribution in [2.45, 2.75) is 32.4 Å².